The molecule has 4 heteroatoms. The van der Waals surface area contributed by atoms with E-state index in [1.807, 2.05) is 55.4 Å². The van der Waals surface area contributed by atoms with Crippen molar-refractivity contribution in [2.24, 2.45) is 0 Å². The summed E-state index contributed by atoms with van der Waals surface area (Å²) in [6.45, 7) is 2.06. The molecular weight excluding hydrogens is 376 g/mol. The monoisotopic (exact) mass is 400 g/mol. The van der Waals surface area contributed by atoms with Crippen LogP contribution in [0.15, 0.2) is 83.8 Å². The van der Waals surface area contributed by atoms with Gasteiger partial charge >= 0.3 is 0 Å². The Hall–Kier alpha value is -2.98. The predicted octanol–water partition coefficient (Wildman–Crippen LogP) is 5.88. The summed E-state index contributed by atoms with van der Waals surface area (Å²) in [5.74, 6) is 0.0457. The van der Waals surface area contributed by atoms with Crippen molar-refractivity contribution >= 4 is 35.1 Å². The van der Waals surface area contributed by atoms with Crippen LogP contribution in [0.25, 0.3) is 6.08 Å². The Kier molecular flexibility index (Phi) is 5.45. The molecule has 1 aliphatic rings. The molecule has 0 N–H and O–H groups in total. The van der Waals surface area contributed by atoms with Crippen LogP contribution in [0.1, 0.15) is 22.1 Å². The summed E-state index contributed by atoms with van der Waals surface area (Å²) < 4.78 is 0. The Labute approximate surface area is 176 Å². The van der Waals surface area contributed by atoms with E-state index in [0.29, 0.717) is 0 Å². The Morgan fingerprint density at radius 1 is 0.897 bits per heavy atom. The van der Waals surface area contributed by atoms with E-state index in [4.69, 9.17) is 0 Å². The summed E-state index contributed by atoms with van der Waals surface area (Å²) in [4.78, 5) is 18.1. The van der Waals surface area contributed by atoms with Gasteiger partial charge in [0.05, 0.1) is 4.91 Å². The summed E-state index contributed by atoms with van der Waals surface area (Å²) in [7, 11) is 4.04. The number of carbonyl (C=O) groups is 1. The van der Waals surface area contributed by atoms with Crippen molar-refractivity contribution < 1.29 is 4.79 Å². The Morgan fingerprint density at radius 3 is 2.17 bits per heavy atom. The van der Waals surface area contributed by atoms with Gasteiger partial charge in [-0.25, -0.2) is 0 Å². The van der Waals surface area contributed by atoms with E-state index in [0.717, 1.165) is 27.4 Å². The van der Waals surface area contributed by atoms with Crippen LogP contribution >= 0.6 is 11.8 Å². The highest BCUT2D eigenvalue weighted by molar-refractivity contribution is 8.05. The zero-order valence-electron chi connectivity index (χ0n) is 16.9. The second-order valence-corrected chi connectivity index (χ2v) is 8.51. The molecule has 3 aromatic rings. The number of benzene rings is 3. The average molecular weight is 401 g/mol. The first-order valence-corrected chi connectivity index (χ1v) is 10.5. The van der Waals surface area contributed by atoms with Crippen molar-refractivity contribution in [1.82, 2.24) is 0 Å². The smallest absolute Gasteiger partial charge is 0.266 e. The maximum atomic E-state index is 13.4. The minimum Gasteiger partial charge on any atom is -0.378 e. The number of carbonyl (C=O) groups excluding carboxylic acids is 1. The first-order valence-electron chi connectivity index (χ1n) is 9.64. The number of nitrogens with zero attached hydrogens (tertiary/aromatic N) is 2. The lowest BCUT2D eigenvalue weighted by Crippen LogP contribution is -2.27. The van der Waals surface area contributed by atoms with Crippen molar-refractivity contribution in [2.45, 2.75) is 12.3 Å². The molecule has 1 aliphatic heterocycles. The van der Waals surface area contributed by atoms with Crippen LogP contribution in [-0.2, 0) is 4.79 Å². The lowest BCUT2D eigenvalue weighted by atomic mass is 10.1. The van der Waals surface area contributed by atoms with E-state index in [-0.39, 0.29) is 11.3 Å². The predicted molar refractivity (Wildman–Crippen MR) is 124 cm³/mol. The highest BCUT2D eigenvalue weighted by Gasteiger charge is 2.38. The van der Waals surface area contributed by atoms with Crippen LogP contribution < -0.4 is 9.80 Å². The second-order valence-electron chi connectivity index (χ2n) is 7.39. The molecule has 1 saturated heterocycles. The molecule has 0 radical (unpaired) electrons. The second kappa shape index (κ2) is 8.18. The third-order valence-corrected chi connectivity index (χ3v) is 6.26. The number of aryl methyl sites for hydroxylation is 1. The van der Waals surface area contributed by atoms with E-state index in [1.165, 1.54) is 5.56 Å². The lowest BCUT2D eigenvalue weighted by Gasteiger charge is -2.23. The van der Waals surface area contributed by atoms with Gasteiger partial charge < -0.3 is 4.90 Å². The Morgan fingerprint density at radius 2 is 1.55 bits per heavy atom. The van der Waals surface area contributed by atoms with E-state index in [2.05, 4.69) is 60.4 Å². The third kappa shape index (κ3) is 4.08. The van der Waals surface area contributed by atoms with Gasteiger partial charge in [-0.3, -0.25) is 9.69 Å². The largest absolute Gasteiger partial charge is 0.378 e. The van der Waals surface area contributed by atoms with E-state index < -0.39 is 0 Å². The average Bonchev–Trinajstić information content (AvgIpc) is 3.06. The van der Waals surface area contributed by atoms with Crippen LogP contribution in [0.4, 0.5) is 11.4 Å². The molecule has 0 spiro atoms. The minimum atomic E-state index is -0.0706. The third-order valence-electron chi connectivity index (χ3n) is 5.01. The van der Waals surface area contributed by atoms with Crippen molar-refractivity contribution in [3.8, 4) is 0 Å². The maximum absolute atomic E-state index is 13.4. The highest BCUT2D eigenvalue weighted by atomic mass is 32.2. The first kappa shape index (κ1) is 19.3. The molecule has 29 heavy (non-hydrogen) atoms. The van der Waals surface area contributed by atoms with Crippen LogP contribution in [-0.4, -0.2) is 20.0 Å². The fourth-order valence-electron chi connectivity index (χ4n) is 3.36. The summed E-state index contributed by atoms with van der Waals surface area (Å²) in [6, 6.07) is 26.6. The summed E-state index contributed by atoms with van der Waals surface area (Å²) in [5, 5.41) is -0.0706. The van der Waals surface area contributed by atoms with Gasteiger partial charge in [0.2, 0.25) is 0 Å². The first-order chi connectivity index (χ1) is 14.0. The van der Waals surface area contributed by atoms with Gasteiger partial charge in [0.1, 0.15) is 5.37 Å². The van der Waals surface area contributed by atoms with E-state index in [9.17, 15) is 4.79 Å². The quantitative estimate of drug-likeness (QED) is 0.511. The fraction of sp³-hybridized carbons (Fsp3) is 0.160. The normalized spacial score (nSPS) is 17.8. The fourth-order valence-corrected chi connectivity index (χ4v) is 4.62. The van der Waals surface area contributed by atoms with E-state index in [1.54, 1.807) is 11.8 Å². The molecule has 3 aromatic carbocycles. The van der Waals surface area contributed by atoms with E-state index >= 15 is 0 Å². The molecule has 3 nitrogen and oxygen atoms in total. The molecule has 0 saturated carbocycles. The van der Waals surface area contributed by atoms with Gasteiger partial charge in [-0.2, -0.15) is 0 Å². The molecule has 0 bridgehead atoms. The number of hydrogen-bond acceptors (Lipinski definition) is 3. The van der Waals surface area contributed by atoms with Gasteiger partial charge in [0, 0.05) is 25.5 Å². The highest BCUT2D eigenvalue weighted by Crippen LogP contribution is 2.48. The molecule has 0 aromatic heterocycles. The molecule has 1 fully saturated rings. The maximum Gasteiger partial charge on any atom is 0.266 e. The van der Waals surface area contributed by atoms with Gasteiger partial charge in [-0.05, 0) is 48.4 Å². The van der Waals surface area contributed by atoms with Crippen molar-refractivity contribution in [1.29, 1.82) is 0 Å². The number of amides is 1. The summed E-state index contributed by atoms with van der Waals surface area (Å²) in [6.07, 6.45) is 2.00. The van der Waals surface area contributed by atoms with Crippen LogP contribution in [0, 0.1) is 6.92 Å². The summed E-state index contributed by atoms with van der Waals surface area (Å²) in [5.41, 5.74) is 5.40. The number of rotatable bonds is 4. The zero-order chi connectivity index (χ0) is 20.4. The molecule has 4 rings (SSSR count). The molecule has 1 unspecified atom stereocenters. The molecule has 146 valence electrons. The molecular formula is C25H24N2OS. The SMILES string of the molecule is Cc1ccc(N2C(=O)/C(=C/c3ccc(N(C)C)cc3)SC2c2ccccc2)cc1. The number of thioether (sulfide) groups is 1. The lowest BCUT2D eigenvalue weighted by molar-refractivity contribution is -0.114. The van der Waals surface area contributed by atoms with Crippen molar-refractivity contribution in [3.05, 3.63) is 100 Å². The Bertz CT molecular complexity index is 1020. The standard InChI is InChI=1S/C25H24N2OS/c1-18-9-13-22(14-10-18)27-24(28)23(29-25(27)20-7-5-4-6-8-20)17-19-11-15-21(16-12-19)26(2)3/h4-17,25H,1-3H3/b23-17-. The zero-order valence-corrected chi connectivity index (χ0v) is 17.7. The minimum absolute atomic E-state index is 0.0457. The molecule has 1 amide bonds. The molecule has 0 aliphatic carbocycles. The van der Waals surface area contributed by atoms with Crippen LogP contribution in [0.3, 0.4) is 0 Å². The topological polar surface area (TPSA) is 23.6 Å². The van der Waals surface area contributed by atoms with Gasteiger partial charge in [-0.1, -0.05) is 71.9 Å². The van der Waals surface area contributed by atoms with Gasteiger partial charge in [0.15, 0.2) is 0 Å². The number of anilines is 2. The number of hydrogen-bond donors (Lipinski definition) is 0. The Balaban J connectivity index is 1.71. The van der Waals surface area contributed by atoms with Crippen LogP contribution in [0.5, 0.6) is 0 Å². The van der Waals surface area contributed by atoms with Crippen LogP contribution in [0.2, 0.25) is 0 Å². The van der Waals surface area contributed by atoms with Gasteiger partial charge in [0.25, 0.3) is 5.91 Å². The van der Waals surface area contributed by atoms with Crippen molar-refractivity contribution in [3.63, 3.8) is 0 Å². The van der Waals surface area contributed by atoms with Gasteiger partial charge in [-0.15, -0.1) is 0 Å². The summed E-state index contributed by atoms with van der Waals surface area (Å²) >= 11 is 1.61. The molecule has 1 heterocycles. The molecule has 1 atom stereocenters. The van der Waals surface area contributed by atoms with Crippen molar-refractivity contribution in [2.75, 3.05) is 23.9 Å².